The zero-order chi connectivity index (χ0) is 10.6. The number of ether oxygens (including phenoxy) is 2. The molecular weight excluding hydrogens is 188 g/mol. The van der Waals surface area contributed by atoms with Gasteiger partial charge in [-0.25, -0.2) is 11.8 Å². The van der Waals surface area contributed by atoms with Gasteiger partial charge in [0.15, 0.2) is 0 Å². The van der Waals surface area contributed by atoms with E-state index in [4.69, 9.17) is 21.3 Å². The van der Waals surface area contributed by atoms with E-state index >= 15 is 0 Å². The first-order valence-corrected chi connectivity index (χ1v) is 4.60. The Bertz CT molecular complexity index is 104. The highest BCUT2D eigenvalue weighted by Gasteiger charge is 2.01. The van der Waals surface area contributed by atoms with Gasteiger partial charge in [-0.3, -0.25) is 0 Å². The lowest BCUT2D eigenvalue weighted by Crippen LogP contribution is -2.17. The van der Waals surface area contributed by atoms with Crippen molar-refractivity contribution in [2.24, 2.45) is 17.7 Å². The van der Waals surface area contributed by atoms with Gasteiger partial charge in [-0.05, 0) is 0 Å². The minimum absolute atomic E-state index is 0.338. The van der Waals surface area contributed by atoms with E-state index in [2.05, 4.69) is 9.68 Å². The molecule has 86 valence electrons. The van der Waals surface area contributed by atoms with Gasteiger partial charge in [-0.2, -0.15) is 0 Å². The van der Waals surface area contributed by atoms with E-state index in [1.165, 1.54) is 0 Å². The largest absolute Gasteiger partial charge is 0.379 e. The number of hydrogen-bond acceptors (Lipinski definition) is 6. The Kier molecular flexibility index (Phi) is 10.7. The van der Waals surface area contributed by atoms with Crippen molar-refractivity contribution in [3.63, 3.8) is 0 Å². The van der Waals surface area contributed by atoms with Crippen LogP contribution in [0.4, 0.5) is 0 Å². The predicted molar refractivity (Wildman–Crippen MR) is 51.1 cm³/mol. The summed E-state index contributed by atoms with van der Waals surface area (Å²) < 4.78 is 10.5. The van der Waals surface area contributed by atoms with Crippen LogP contribution in [0.15, 0.2) is 0 Å². The molecule has 4 N–H and O–H groups in total. The lowest BCUT2D eigenvalue weighted by molar-refractivity contribution is 0.000150. The minimum Gasteiger partial charge on any atom is -0.379 e. The van der Waals surface area contributed by atoms with Gasteiger partial charge in [0.1, 0.15) is 0 Å². The molecule has 0 saturated heterocycles. The quantitative estimate of drug-likeness (QED) is 0.369. The normalized spacial score (nSPS) is 11.1. The zero-order valence-corrected chi connectivity index (χ0v) is 8.61. The number of nitrogens with two attached hydrogens (primary N) is 2. The van der Waals surface area contributed by atoms with E-state index in [1.807, 2.05) is 6.92 Å². The Balaban J connectivity index is 3.07. The molecule has 6 heteroatoms. The molecule has 0 spiro atoms. The molecule has 0 unspecified atom stereocenters. The lowest BCUT2D eigenvalue weighted by Gasteiger charge is -2.11. The molecule has 0 heterocycles. The molecule has 6 nitrogen and oxygen atoms in total. The summed E-state index contributed by atoms with van der Waals surface area (Å²) in [5, 5.41) is 0. The summed E-state index contributed by atoms with van der Waals surface area (Å²) in [4.78, 5) is 8.70. The average molecular weight is 208 g/mol. The molecular formula is C8H20N2O4. The molecule has 0 aromatic carbocycles. The van der Waals surface area contributed by atoms with Gasteiger partial charge in [-0.15, -0.1) is 0 Å². The average Bonchev–Trinajstić information content (AvgIpc) is 2.19. The Morgan fingerprint density at radius 1 is 0.857 bits per heavy atom. The fourth-order valence-corrected chi connectivity index (χ4v) is 0.831. The third-order valence-corrected chi connectivity index (χ3v) is 1.50. The van der Waals surface area contributed by atoms with Gasteiger partial charge >= 0.3 is 0 Å². The SMILES string of the molecule is CC(COCCON)COCCON. The molecule has 0 rings (SSSR count). The molecule has 0 aliphatic carbocycles. The molecule has 0 aromatic heterocycles. The van der Waals surface area contributed by atoms with E-state index in [9.17, 15) is 0 Å². The standard InChI is InChI=1S/C8H20N2O4/c1-8(6-11-2-4-13-9)7-12-3-5-14-10/h8H,2-7,9-10H2,1H3. The van der Waals surface area contributed by atoms with Crippen LogP contribution in [-0.2, 0) is 19.1 Å². The molecule has 0 aliphatic rings. The first-order valence-electron chi connectivity index (χ1n) is 4.60. The Labute approximate surface area is 84.3 Å². The van der Waals surface area contributed by atoms with Gasteiger partial charge in [0.2, 0.25) is 0 Å². The van der Waals surface area contributed by atoms with Crippen molar-refractivity contribution in [1.82, 2.24) is 0 Å². The third kappa shape index (κ3) is 9.85. The number of hydrogen-bond donors (Lipinski definition) is 2. The fourth-order valence-electron chi connectivity index (χ4n) is 0.831. The second kappa shape index (κ2) is 10.8. The summed E-state index contributed by atoms with van der Waals surface area (Å²) in [6, 6.07) is 0. The maximum Gasteiger partial charge on any atom is 0.0913 e. The lowest BCUT2D eigenvalue weighted by atomic mass is 10.2. The monoisotopic (exact) mass is 208 g/mol. The third-order valence-electron chi connectivity index (χ3n) is 1.50. The highest BCUT2D eigenvalue weighted by Crippen LogP contribution is 1.96. The highest BCUT2D eigenvalue weighted by molar-refractivity contribution is 4.48. The second-order valence-corrected chi connectivity index (χ2v) is 3.00. The van der Waals surface area contributed by atoms with Gasteiger partial charge in [0.05, 0.1) is 39.6 Å². The van der Waals surface area contributed by atoms with Crippen molar-refractivity contribution in [2.45, 2.75) is 6.92 Å². The molecule has 14 heavy (non-hydrogen) atoms. The van der Waals surface area contributed by atoms with E-state index in [1.54, 1.807) is 0 Å². The Morgan fingerprint density at radius 3 is 1.64 bits per heavy atom. The van der Waals surface area contributed by atoms with Crippen molar-refractivity contribution < 1.29 is 19.1 Å². The van der Waals surface area contributed by atoms with Gasteiger partial charge in [-0.1, -0.05) is 6.92 Å². The molecule has 0 aliphatic heterocycles. The van der Waals surface area contributed by atoms with E-state index in [0.717, 1.165) is 0 Å². The van der Waals surface area contributed by atoms with E-state index in [0.29, 0.717) is 45.6 Å². The molecule has 0 bridgehead atoms. The summed E-state index contributed by atoms with van der Waals surface area (Å²) >= 11 is 0. The van der Waals surface area contributed by atoms with Gasteiger partial charge in [0.25, 0.3) is 0 Å². The molecule has 0 fully saturated rings. The first kappa shape index (κ1) is 13.8. The van der Waals surface area contributed by atoms with Gasteiger partial charge in [0, 0.05) is 5.92 Å². The van der Waals surface area contributed by atoms with Crippen LogP contribution in [0, 0.1) is 5.92 Å². The van der Waals surface area contributed by atoms with Crippen LogP contribution in [-0.4, -0.2) is 39.6 Å². The topological polar surface area (TPSA) is 89.0 Å². The minimum atomic E-state index is 0.338. The first-order chi connectivity index (χ1) is 6.81. The van der Waals surface area contributed by atoms with Crippen molar-refractivity contribution in [3.05, 3.63) is 0 Å². The summed E-state index contributed by atoms with van der Waals surface area (Å²) in [5.74, 6) is 10.00. The summed E-state index contributed by atoms with van der Waals surface area (Å²) in [7, 11) is 0. The molecule has 0 saturated carbocycles. The maximum atomic E-state index is 5.25. The van der Waals surface area contributed by atoms with Crippen LogP contribution in [0.3, 0.4) is 0 Å². The molecule has 0 amide bonds. The summed E-state index contributed by atoms with van der Waals surface area (Å²) in [5.41, 5.74) is 0. The molecule has 0 radical (unpaired) electrons. The number of rotatable bonds is 10. The molecule has 0 atom stereocenters. The van der Waals surface area contributed by atoms with E-state index in [-0.39, 0.29) is 0 Å². The van der Waals surface area contributed by atoms with Crippen LogP contribution < -0.4 is 11.8 Å². The van der Waals surface area contributed by atoms with E-state index < -0.39 is 0 Å². The zero-order valence-electron chi connectivity index (χ0n) is 8.61. The summed E-state index contributed by atoms with van der Waals surface area (Å²) in [6.45, 7) is 5.13. The fraction of sp³-hybridized carbons (Fsp3) is 1.00. The van der Waals surface area contributed by atoms with Crippen molar-refractivity contribution in [2.75, 3.05) is 39.6 Å². The maximum absolute atomic E-state index is 5.25. The Morgan fingerprint density at radius 2 is 1.29 bits per heavy atom. The highest BCUT2D eigenvalue weighted by atomic mass is 16.6. The van der Waals surface area contributed by atoms with Crippen LogP contribution in [0.25, 0.3) is 0 Å². The van der Waals surface area contributed by atoms with Crippen LogP contribution >= 0.6 is 0 Å². The van der Waals surface area contributed by atoms with Crippen LogP contribution in [0.1, 0.15) is 6.92 Å². The predicted octanol–water partition coefficient (Wildman–Crippen LogP) is -0.564. The smallest absolute Gasteiger partial charge is 0.0913 e. The van der Waals surface area contributed by atoms with Crippen LogP contribution in [0.2, 0.25) is 0 Å². The van der Waals surface area contributed by atoms with Crippen molar-refractivity contribution >= 4 is 0 Å². The van der Waals surface area contributed by atoms with Crippen molar-refractivity contribution in [1.29, 1.82) is 0 Å². The molecule has 0 aromatic rings. The van der Waals surface area contributed by atoms with Crippen molar-refractivity contribution in [3.8, 4) is 0 Å². The van der Waals surface area contributed by atoms with Crippen LogP contribution in [0.5, 0.6) is 0 Å². The van der Waals surface area contributed by atoms with Gasteiger partial charge < -0.3 is 19.1 Å². The Hall–Kier alpha value is -0.240. The summed E-state index contributed by atoms with van der Waals surface area (Å²) in [6.07, 6.45) is 0. The second-order valence-electron chi connectivity index (χ2n) is 3.00.